The molecule has 0 atom stereocenters. The molecule has 2 aliphatic rings. The van der Waals surface area contributed by atoms with Crippen LogP contribution in [0.25, 0.3) is 77.2 Å². The molecule has 0 fully saturated rings. The Kier molecular flexibility index (Phi) is 5.69. The average Bonchev–Trinajstić information content (AvgIpc) is 3.79. The van der Waals surface area contributed by atoms with Gasteiger partial charge in [0.1, 0.15) is 0 Å². The Labute approximate surface area is 304 Å². The number of aryl methyl sites for hydroxylation is 2. The SMILES string of the molecule is Cc1ccc2c(c1)C(C)(C)c1cc(-n3c4ccccc4c4cc5c(cc43)c3ccccc3n5-c3ccc4c(c3)C(C)(C)c3cc(C)ccc3-4)ccc1-2. The summed E-state index contributed by atoms with van der Waals surface area (Å²) in [5.41, 5.74) is 20.9. The molecule has 52 heavy (non-hydrogen) atoms. The van der Waals surface area contributed by atoms with E-state index in [2.05, 4.69) is 184 Å². The molecule has 0 radical (unpaired) electrons. The Balaban J connectivity index is 1.16. The highest BCUT2D eigenvalue weighted by Crippen LogP contribution is 2.52. The van der Waals surface area contributed by atoms with Gasteiger partial charge in [-0.25, -0.2) is 0 Å². The number of hydrogen-bond donors (Lipinski definition) is 0. The molecule has 0 saturated carbocycles. The van der Waals surface area contributed by atoms with Gasteiger partial charge in [0.25, 0.3) is 0 Å². The quantitative estimate of drug-likeness (QED) is 0.173. The lowest BCUT2D eigenvalue weighted by molar-refractivity contribution is 0.659. The van der Waals surface area contributed by atoms with Crippen LogP contribution in [0.15, 0.2) is 133 Å². The smallest absolute Gasteiger partial charge is 0.0548 e. The fourth-order valence-electron chi connectivity index (χ4n) is 9.94. The first-order valence-electron chi connectivity index (χ1n) is 18.6. The number of para-hydroxylation sites is 2. The molecule has 2 heterocycles. The van der Waals surface area contributed by atoms with E-state index in [0.717, 1.165) is 0 Å². The van der Waals surface area contributed by atoms with Crippen LogP contribution in [0.1, 0.15) is 61.1 Å². The van der Waals surface area contributed by atoms with Gasteiger partial charge in [0, 0.05) is 43.7 Å². The first-order chi connectivity index (χ1) is 25.1. The van der Waals surface area contributed by atoms with Crippen LogP contribution in [-0.2, 0) is 10.8 Å². The Morgan fingerprint density at radius 1 is 0.346 bits per heavy atom. The second-order valence-corrected chi connectivity index (χ2v) is 16.4. The zero-order valence-corrected chi connectivity index (χ0v) is 30.6. The van der Waals surface area contributed by atoms with Crippen LogP contribution < -0.4 is 0 Å². The number of fused-ring (bicyclic) bond motifs is 12. The molecule has 250 valence electrons. The zero-order chi connectivity index (χ0) is 35.3. The van der Waals surface area contributed by atoms with E-state index >= 15 is 0 Å². The molecule has 0 aliphatic heterocycles. The molecule has 2 aliphatic carbocycles. The molecular formula is C50H40N2. The third-order valence-electron chi connectivity index (χ3n) is 12.6. The first-order valence-corrected chi connectivity index (χ1v) is 18.6. The van der Waals surface area contributed by atoms with Crippen molar-refractivity contribution in [1.82, 2.24) is 9.13 Å². The average molecular weight is 669 g/mol. The van der Waals surface area contributed by atoms with Crippen LogP contribution in [0.2, 0.25) is 0 Å². The van der Waals surface area contributed by atoms with Crippen molar-refractivity contribution in [2.75, 3.05) is 0 Å². The zero-order valence-electron chi connectivity index (χ0n) is 30.6. The lowest BCUT2D eigenvalue weighted by Crippen LogP contribution is -2.15. The van der Waals surface area contributed by atoms with Gasteiger partial charge >= 0.3 is 0 Å². The molecule has 9 aromatic rings. The van der Waals surface area contributed by atoms with E-state index in [0.29, 0.717) is 0 Å². The molecule has 7 aromatic carbocycles. The fourth-order valence-corrected chi connectivity index (χ4v) is 9.94. The Morgan fingerprint density at radius 2 is 0.712 bits per heavy atom. The molecule has 2 aromatic heterocycles. The van der Waals surface area contributed by atoms with E-state index in [9.17, 15) is 0 Å². The third kappa shape index (κ3) is 3.74. The van der Waals surface area contributed by atoms with E-state index in [1.54, 1.807) is 0 Å². The molecule has 0 bridgehead atoms. The van der Waals surface area contributed by atoms with Gasteiger partial charge in [-0.3, -0.25) is 0 Å². The molecule has 2 heteroatoms. The standard InChI is InChI=1S/C50H40N2/c1-29-15-19-33-35-21-17-31(25-43(35)49(3,4)41(33)23-29)51-45-13-9-7-11-37(45)39-28-48-40(27-47(39)51)38-12-8-10-14-46(38)52(48)32-18-22-36-34-20-16-30(2)24-42(34)50(5,6)44(36)26-32/h7-28H,1-6H3. The maximum atomic E-state index is 2.50. The third-order valence-corrected chi connectivity index (χ3v) is 12.6. The lowest BCUT2D eigenvalue weighted by atomic mass is 9.82. The van der Waals surface area contributed by atoms with Crippen molar-refractivity contribution in [1.29, 1.82) is 0 Å². The summed E-state index contributed by atoms with van der Waals surface area (Å²) >= 11 is 0. The van der Waals surface area contributed by atoms with Crippen LogP contribution in [0, 0.1) is 13.8 Å². The van der Waals surface area contributed by atoms with Gasteiger partial charge in [0.15, 0.2) is 0 Å². The highest BCUT2D eigenvalue weighted by Gasteiger charge is 2.37. The maximum Gasteiger partial charge on any atom is 0.0548 e. The summed E-state index contributed by atoms with van der Waals surface area (Å²) in [6.07, 6.45) is 0. The Hall–Kier alpha value is -5.86. The Morgan fingerprint density at radius 3 is 1.13 bits per heavy atom. The molecule has 11 rings (SSSR count). The van der Waals surface area contributed by atoms with E-state index in [1.807, 2.05) is 0 Å². The van der Waals surface area contributed by atoms with Gasteiger partial charge < -0.3 is 9.13 Å². The van der Waals surface area contributed by atoms with Gasteiger partial charge in [0.2, 0.25) is 0 Å². The summed E-state index contributed by atoms with van der Waals surface area (Å²) in [7, 11) is 0. The molecule has 0 saturated heterocycles. The molecule has 0 spiro atoms. The molecule has 2 nitrogen and oxygen atoms in total. The summed E-state index contributed by atoms with van der Waals surface area (Å²) in [5.74, 6) is 0. The van der Waals surface area contributed by atoms with Crippen molar-refractivity contribution < 1.29 is 0 Å². The number of hydrogen-bond acceptors (Lipinski definition) is 0. The summed E-state index contributed by atoms with van der Waals surface area (Å²) in [5, 5.41) is 5.09. The van der Waals surface area contributed by atoms with Crippen molar-refractivity contribution in [3.63, 3.8) is 0 Å². The predicted octanol–water partition coefficient (Wildman–Crippen LogP) is 13.1. The second-order valence-electron chi connectivity index (χ2n) is 16.4. The summed E-state index contributed by atoms with van der Waals surface area (Å²) in [4.78, 5) is 0. The van der Waals surface area contributed by atoms with Crippen molar-refractivity contribution >= 4 is 43.6 Å². The van der Waals surface area contributed by atoms with Crippen LogP contribution in [0.3, 0.4) is 0 Å². The van der Waals surface area contributed by atoms with Crippen LogP contribution in [0.5, 0.6) is 0 Å². The van der Waals surface area contributed by atoms with Gasteiger partial charge in [-0.2, -0.15) is 0 Å². The highest BCUT2D eigenvalue weighted by molar-refractivity contribution is 6.19. The summed E-state index contributed by atoms with van der Waals surface area (Å²) in [6, 6.07) is 50.9. The van der Waals surface area contributed by atoms with Gasteiger partial charge in [-0.1, -0.05) is 124 Å². The number of benzene rings is 7. The normalized spacial score (nSPS) is 15.0. The number of rotatable bonds is 2. The van der Waals surface area contributed by atoms with Gasteiger partial charge in [-0.15, -0.1) is 0 Å². The van der Waals surface area contributed by atoms with Crippen molar-refractivity contribution in [2.45, 2.75) is 52.4 Å². The van der Waals surface area contributed by atoms with Gasteiger partial charge in [0.05, 0.1) is 22.1 Å². The van der Waals surface area contributed by atoms with Crippen LogP contribution in [-0.4, -0.2) is 9.13 Å². The summed E-state index contributed by atoms with van der Waals surface area (Å²) in [6.45, 7) is 13.9. The molecular weight excluding hydrogens is 629 g/mol. The maximum absolute atomic E-state index is 2.50. The monoisotopic (exact) mass is 668 g/mol. The van der Waals surface area contributed by atoms with Crippen molar-refractivity contribution in [2.24, 2.45) is 0 Å². The van der Waals surface area contributed by atoms with Crippen molar-refractivity contribution in [3.8, 4) is 33.6 Å². The first kappa shape index (κ1) is 29.8. The van der Waals surface area contributed by atoms with E-state index in [4.69, 9.17) is 0 Å². The molecule has 0 unspecified atom stereocenters. The number of aromatic nitrogens is 2. The van der Waals surface area contributed by atoms with Crippen LogP contribution in [0.4, 0.5) is 0 Å². The lowest BCUT2D eigenvalue weighted by Gasteiger charge is -2.22. The van der Waals surface area contributed by atoms with Crippen LogP contribution >= 0.6 is 0 Å². The van der Waals surface area contributed by atoms with E-state index in [1.165, 1.54) is 111 Å². The minimum absolute atomic E-state index is 0.0726. The van der Waals surface area contributed by atoms with Crippen molar-refractivity contribution in [3.05, 3.63) is 167 Å². The second kappa shape index (κ2) is 9.92. The minimum Gasteiger partial charge on any atom is -0.309 e. The minimum atomic E-state index is -0.0726. The van der Waals surface area contributed by atoms with E-state index in [-0.39, 0.29) is 10.8 Å². The number of nitrogens with zero attached hydrogens (tertiary/aromatic N) is 2. The highest BCUT2D eigenvalue weighted by atomic mass is 15.0. The Bertz CT molecular complexity index is 2830. The predicted molar refractivity (Wildman–Crippen MR) is 220 cm³/mol. The molecule has 0 N–H and O–H groups in total. The van der Waals surface area contributed by atoms with E-state index < -0.39 is 0 Å². The largest absolute Gasteiger partial charge is 0.309 e. The van der Waals surface area contributed by atoms with Gasteiger partial charge in [-0.05, 0) is 107 Å². The molecule has 0 amide bonds. The fraction of sp³-hybridized carbons (Fsp3) is 0.160. The topological polar surface area (TPSA) is 9.86 Å². The summed E-state index contributed by atoms with van der Waals surface area (Å²) < 4.78 is 5.00.